The molecule has 0 aliphatic rings. The molecule has 2 aromatic carbocycles. The van der Waals surface area contributed by atoms with Crippen molar-refractivity contribution in [1.29, 1.82) is 0 Å². The molecule has 2 amide bonds. The Morgan fingerprint density at radius 1 is 1.00 bits per heavy atom. The molecule has 156 valence electrons. The molecular formula is C21H19Cl2N3O4. The van der Waals surface area contributed by atoms with Gasteiger partial charge in [0.05, 0.1) is 23.7 Å². The van der Waals surface area contributed by atoms with Crippen LogP contribution in [-0.2, 0) is 16.0 Å². The quantitative estimate of drug-likeness (QED) is 0.398. The minimum absolute atomic E-state index is 0.0191. The molecule has 0 bridgehead atoms. The van der Waals surface area contributed by atoms with Crippen LogP contribution in [0.5, 0.6) is 5.75 Å². The van der Waals surface area contributed by atoms with Crippen LogP contribution in [-0.4, -0.2) is 23.6 Å². The molecule has 9 heteroatoms. The number of hydrazine groups is 1. The third kappa shape index (κ3) is 6.50. The summed E-state index contributed by atoms with van der Waals surface area (Å²) in [7, 11) is 0. The van der Waals surface area contributed by atoms with Crippen molar-refractivity contribution in [2.75, 3.05) is 6.61 Å². The highest BCUT2D eigenvalue weighted by atomic mass is 35.5. The van der Waals surface area contributed by atoms with Crippen molar-refractivity contribution >= 4 is 35.0 Å². The minimum Gasteiger partial charge on any atom is -0.492 e. The van der Waals surface area contributed by atoms with Crippen LogP contribution in [0.15, 0.2) is 59.1 Å². The van der Waals surface area contributed by atoms with Crippen LogP contribution in [0.4, 0.5) is 0 Å². The summed E-state index contributed by atoms with van der Waals surface area (Å²) in [6.07, 6.45) is 0.604. The van der Waals surface area contributed by atoms with E-state index in [0.29, 0.717) is 40.3 Å². The number of hydrogen-bond acceptors (Lipinski definition) is 5. The van der Waals surface area contributed by atoms with Crippen LogP contribution in [0.25, 0.3) is 11.3 Å². The molecule has 0 radical (unpaired) electrons. The van der Waals surface area contributed by atoms with E-state index in [1.54, 1.807) is 24.3 Å². The number of benzene rings is 2. The standard InChI is InChI=1S/C21H19Cl2N3O4/c22-15-8-9-18(17(23)11-15)29-10-4-7-20(27)24-25-21(28)13-16-12-19(30-26-16)14-5-2-1-3-6-14/h1-3,5-6,8-9,11-12H,4,7,10,13H2,(H,24,27)(H,25,28). The van der Waals surface area contributed by atoms with Gasteiger partial charge in [-0.3, -0.25) is 20.4 Å². The first-order chi connectivity index (χ1) is 14.5. The van der Waals surface area contributed by atoms with E-state index in [4.69, 9.17) is 32.5 Å². The average Bonchev–Trinajstić information content (AvgIpc) is 3.20. The van der Waals surface area contributed by atoms with E-state index in [9.17, 15) is 9.59 Å². The number of hydrogen-bond donors (Lipinski definition) is 2. The Hall–Kier alpha value is -3.03. The zero-order valence-electron chi connectivity index (χ0n) is 15.9. The third-order valence-electron chi connectivity index (χ3n) is 4.00. The van der Waals surface area contributed by atoms with Gasteiger partial charge in [0.15, 0.2) is 5.76 Å². The van der Waals surface area contributed by atoms with Gasteiger partial charge in [-0.05, 0) is 24.6 Å². The smallest absolute Gasteiger partial charge is 0.244 e. The number of amides is 2. The molecule has 30 heavy (non-hydrogen) atoms. The first-order valence-electron chi connectivity index (χ1n) is 9.18. The monoisotopic (exact) mass is 447 g/mol. The van der Waals surface area contributed by atoms with Crippen LogP contribution < -0.4 is 15.6 Å². The molecule has 0 atom stereocenters. The maximum atomic E-state index is 12.0. The Labute approximate surface area is 183 Å². The highest BCUT2D eigenvalue weighted by molar-refractivity contribution is 6.35. The van der Waals surface area contributed by atoms with Crippen molar-refractivity contribution in [2.24, 2.45) is 0 Å². The molecule has 0 spiro atoms. The van der Waals surface area contributed by atoms with E-state index < -0.39 is 5.91 Å². The van der Waals surface area contributed by atoms with Crippen LogP contribution >= 0.6 is 23.2 Å². The molecule has 0 fully saturated rings. The summed E-state index contributed by atoms with van der Waals surface area (Å²) < 4.78 is 10.8. The average molecular weight is 448 g/mol. The van der Waals surface area contributed by atoms with E-state index in [2.05, 4.69) is 16.0 Å². The number of rotatable bonds is 8. The molecule has 0 unspecified atom stereocenters. The van der Waals surface area contributed by atoms with Crippen molar-refractivity contribution in [3.05, 3.63) is 70.3 Å². The van der Waals surface area contributed by atoms with Crippen molar-refractivity contribution in [3.8, 4) is 17.1 Å². The molecule has 3 aromatic rings. The van der Waals surface area contributed by atoms with Crippen molar-refractivity contribution < 1.29 is 18.8 Å². The maximum absolute atomic E-state index is 12.0. The van der Waals surface area contributed by atoms with Gasteiger partial charge in [-0.1, -0.05) is 58.7 Å². The van der Waals surface area contributed by atoms with Crippen LogP contribution in [0.2, 0.25) is 10.0 Å². The van der Waals surface area contributed by atoms with Crippen LogP contribution in [0, 0.1) is 0 Å². The number of carbonyl (C=O) groups excluding carboxylic acids is 2. The molecule has 7 nitrogen and oxygen atoms in total. The number of halogens is 2. The zero-order chi connectivity index (χ0) is 21.3. The number of aromatic nitrogens is 1. The topological polar surface area (TPSA) is 93.5 Å². The van der Waals surface area contributed by atoms with Gasteiger partial charge in [0.2, 0.25) is 11.8 Å². The van der Waals surface area contributed by atoms with Gasteiger partial charge in [-0.25, -0.2) is 0 Å². The normalized spacial score (nSPS) is 10.5. The molecule has 2 N–H and O–H groups in total. The molecule has 1 aromatic heterocycles. The Kier molecular flexibility index (Phi) is 7.70. The Bertz CT molecular complexity index is 1010. The minimum atomic E-state index is -0.402. The van der Waals surface area contributed by atoms with Gasteiger partial charge in [-0.15, -0.1) is 0 Å². The third-order valence-corrected chi connectivity index (χ3v) is 4.53. The Balaban J connectivity index is 1.34. The van der Waals surface area contributed by atoms with Gasteiger partial charge >= 0.3 is 0 Å². The van der Waals surface area contributed by atoms with Crippen molar-refractivity contribution in [2.45, 2.75) is 19.3 Å². The van der Waals surface area contributed by atoms with Gasteiger partial charge in [0.25, 0.3) is 0 Å². The second-order valence-corrected chi connectivity index (χ2v) is 7.19. The molecular weight excluding hydrogens is 429 g/mol. The summed E-state index contributed by atoms with van der Waals surface area (Å²) in [5.74, 6) is 0.334. The number of carbonyl (C=O) groups is 2. The number of ether oxygens (including phenoxy) is 1. The van der Waals surface area contributed by atoms with Crippen molar-refractivity contribution in [1.82, 2.24) is 16.0 Å². The predicted molar refractivity (Wildman–Crippen MR) is 113 cm³/mol. The highest BCUT2D eigenvalue weighted by Gasteiger charge is 2.11. The van der Waals surface area contributed by atoms with Crippen LogP contribution in [0.3, 0.4) is 0 Å². The van der Waals surface area contributed by atoms with E-state index in [1.807, 2.05) is 30.3 Å². The van der Waals surface area contributed by atoms with E-state index in [0.717, 1.165) is 5.56 Å². The molecule has 0 aliphatic carbocycles. The molecule has 1 heterocycles. The highest BCUT2D eigenvalue weighted by Crippen LogP contribution is 2.27. The summed E-state index contributed by atoms with van der Waals surface area (Å²) >= 11 is 11.8. The number of nitrogens with one attached hydrogen (secondary N) is 2. The summed E-state index contributed by atoms with van der Waals surface area (Å²) in [5.41, 5.74) is 6.05. The number of nitrogens with zero attached hydrogens (tertiary/aromatic N) is 1. The summed E-state index contributed by atoms with van der Waals surface area (Å²) in [6, 6.07) is 16.0. The largest absolute Gasteiger partial charge is 0.492 e. The second kappa shape index (κ2) is 10.7. The van der Waals surface area contributed by atoms with Gasteiger partial charge in [0, 0.05) is 23.1 Å². The maximum Gasteiger partial charge on any atom is 0.244 e. The first kappa shape index (κ1) is 21.7. The van der Waals surface area contributed by atoms with Gasteiger partial charge in [-0.2, -0.15) is 0 Å². The van der Waals surface area contributed by atoms with E-state index >= 15 is 0 Å². The molecule has 0 aliphatic heterocycles. The SMILES string of the molecule is O=C(CCCOc1ccc(Cl)cc1Cl)NNC(=O)Cc1cc(-c2ccccc2)on1. The lowest BCUT2D eigenvalue weighted by Crippen LogP contribution is -2.42. The predicted octanol–water partition coefficient (Wildman–Crippen LogP) is 4.20. The lowest BCUT2D eigenvalue weighted by molar-refractivity contribution is -0.128. The fraction of sp³-hybridized carbons (Fsp3) is 0.190. The fourth-order valence-electron chi connectivity index (χ4n) is 2.55. The lowest BCUT2D eigenvalue weighted by Gasteiger charge is -2.09. The second-order valence-electron chi connectivity index (χ2n) is 6.35. The Morgan fingerprint density at radius 2 is 1.77 bits per heavy atom. The van der Waals surface area contributed by atoms with E-state index in [1.165, 1.54) is 0 Å². The summed E-state index contributed by atoms with van der Waals surface area (Å²) in [4.78, 5) is 23.8. The van der Waals surface area contributed by atoms with Crippen LogP contribution in [0.1, 0.15) is 18.5 Å². The van der Waals surface area contributed by atoms with E-state index in [-0.39, 0.29) is 18.7 Å². The molecule has 3 rings (SSSR count). The molecule has 0 saturated heterocycles. The zero-order valence-corrected chi connectivity index (χ0v) is 17.4. The summed E-state index contributed by atoms with van der Waals surface area (Å²) in [6.45, 7) is 0.296. The van der Waals surface area contributed by atoms with Gasteiger partial charge in [0.1, 0.15) is 5.75 Å². The van der Waals surface area contributed by atoms with Crippen molar-refractivity contribution in [3.63, 3.8) is 0 Å². The van der Waals surface area contributed by atoms with Gasteiger partial charge < -0.3 is 9.26 Å². The first-order valence-corrected chi connectivity index (χ1v) is 9.93. The fourth-order valence-corrected chi connectivity index (χ4v) is 3.01. The summed E-state index contributed by atoms with van der Waals surface area (Å²) in [5, 5.41) is 4.80. The Morgan fingerprint density at radius 3 is 2.53 bits per heavy atom. The lowest BCUT2D eigenvalue weighted by atomic mass is 10.1. The molecule has 0 saturated carbocycles.